The maximum atomic E-state index is 11.3. The quantitative estimate of drug-likeness (QED) is 0.805. The second kappa shape index (κ2) is 6.14. The van der Waals surface area contributed by atoms with Gasteiger partial charge in [0, 0.05) is 6.54 Å². The van der Waals surface area contributed by atoms with Gasteiger partial charge in [0.1, 0.15) is 0 Å². The number of nitrogens with one attached hydrogen (secondary N) is 1. The van der Waals surface area contributed by atoms with Crippen LogP contribution in [0.15, 0.2) is 24.3 Å². The highest BCUT2D eigenvalue weighted by atomic mass is 32.2. The Morgan fingerprint density at radius 2 is 1.82 bits per heavy atom. The number of aliphatic hydroxyl groups excluding tert-OH is 1. The lowest BCUT2D eigenvalue weighted by atomic mass is 10.0. The Labute approximate surface area is 103 Å². The molecular weight excluding hydrogens is 238 g/mol. The van der Waals surface area contributed by atoms with Gasteiger partial charge in [0.25, 0.3) is 0 Å². The number of rotatable bonds is 6. The minimum atomic E-state index is -3.36. The molecule has 0 aliphatic heterocycles. The molecule has 2 N–H and O–H groups in total. The lowest BCUT2D eigenvalue weighted by Gasteiger charge is -2.08. The molecule has 1 rings (SSSR count). The van der Waals surface area contributed by atoms with E-state index in [-0.39, 0.29) is 18.9 Å². The van der Waals surface area contributed by atoms with Crippen molar-refractivity contribution in [1.29, 1.82) is 0 Å². The number of hydrogen-bond donors (Lipinski definition) is 2. The van der Waals surface area contributed by atoms with Crippen LogP contribution in [0, 0.1) is 0 Å². The first-order valence-electron chi connectivity index (χ1n) is 5.61. The van der Waals surface area contributed by atoms with Gasteiger partial charge in [-0.3, -0.25) is 0 Å². The lowest BCUT2D eigenvalue weighted by Crippen LogP contribution is -2.27. The standard InChI is InChI=1S/C12H19NO3S/c1-10(2)12-5-3-11(4-6-12)9-13-17(15,16)8-7-14/h3-6,10,13-14H,7-9H2,1-2H3. The van der Waals surface area contributed by atoms with Gasteiger partial charge in [0.15, 0.2) is 0 Å². The number of hydrogen-bond acceptors (Lipinski definition) is 3. The molecule has 0 unspecified atom stereocenters. The zero-order chi connectivity index (χ0) is 12.9. The van der Waals surface area contributed by atoms with Crippen LogP contribution < -0.4 is 4.72 Å². The Morgan fingerprint density at radius 3 is 2.29 bits per heavy atom. The molecule has 0 fully saturated rings. The molecule has 1 aromatic rings. The van der Waals surface area contributed by atoms with Gasteiger partial charge >= 0.3 is 0 Å². The molecule has 0 bridgehead atoms. The van der Waals surface area contributed by atoms with E-state index in [9.17, 15) is 8.42 Å². The van der Waals surface area contributed by atoms with E-state index < -0.39 is 10.0 Å². The molecular formula is C12H19NO3S. The first kappa shape index (κ1) is 14.2. The van der Waals surface area contributed by atoms with Crippen molar-refractivity contribution in [2.75, 3.05) is 12.4 Å². The molecule has 0 saturated heterocycles. The van der Waals surface area contributed by atoms with Gasteiger partial charge < -0.3 is 5.11 Å². The zero-order valence-electron chi connectivity index (χ0n) is 10.2. The average molecular weight is 257 g/mol. The molecule has 5 heteroatoms. The van der Waals surface area contributed by atoms with Crippen molar-refractivity contribution in [3.63, 3.8) is 0 Å². The van der Waals surface area contributed by atoms with Crippen molar-refractivity contribution in [2.24, 2.45) is 0 Å². The third-order valence-electron chi connectivity index (χ3n) is 2.50. The van der Waals surface area contributed by atoms with E-state index >= 15 is 0 Å². The van der Waals surface area contributed by atoms with Gasteiger partial charge in [-0.2, -0.15) is 0 Å². The van der Waals surface area contributed by atoms with Crippen molar-refractivity contribution in [3.05, 3.63) is 35.4 Å². The molecule has 0 amide bonds. The van der Waals surface area contributed by atoms with Crippen molar-refractivity contribution in [1.82, 2.24) is 4.72 Å². The van der Waals surface area contributed by atoms with Gasteiger partial charge in [-0.25, -0.2) is 13.1 Å². The first-order valence-corrected chi connectivity index (χ1v) is 7.27. The van der Waals surface area contributed by atoms with Crippen LogP contribution in [0.4, 0.5) is 0 Å². The third-order valence-corrected chi connectivity index (χ3v) is 3.81. The minimum Gasteiger partial charge on any atom is -0.395 e. The molecule has 96 valence electrons. The molecule has 0 spiro atoms. The highest BCUT2D eigenvalue weighted by Gasteiger charge is 2.08. The minimum absolute atomic E-state index is 0.253. The Balaban J connectivity index is 2.59. The highest BCUT2D eigenvalue weighted by molar-refractivity contribution is 7.89. The normalized spacial score (nSPS) is 12.0. The summed E-state index contributed by atoms with van der Waals surface area (Å²) in [5.74, 6) is 0.215. The molecule has 1 aromatic carbocycles. The monoisotopic (exact) mass is 257 g/mol. The summed E-state index contributed by atoms with van der Waals surface area (Å²) in [6, 6.07) is 7.83. The fourth-order valence-corrected chi connectivity index (χ4v) is 2.18. The number of aliphatic hydroxyl groups is 1. The third kappa shape index (κ3) is 4.85. The predicted molar refractivity (Wildman–Crippen MR) is 68.2 cm³/mol. The van der Waals surface area contributed by atoms with Crippen molar-refractivity contribution >= 4 is 10.0 Å². The maximum Gasteiger partial charge on any atom is 0.214 e. The van der Waals surface area contributed by atoms with Crippen LogP contribution in [0.25, 0.3) is 0 Å². The molecule has 0 aliphatic carbocycles. The molecule has 17 heavy (non-hydrogen) atoms. The van der Waals surface area contributed by atoms with Crippen molar-refractivity contribution < 1.29 is 13.5 Å². The Hall–Kier alpha value is -0.910. The Morgan fingerprint density at radius 1 is 1.24 bits per heavy atom. The molecule has 0 saturated carbocycles. The van der Waals surface area contributed by atoms with Gasteiger partial charge in [-0.15, -0.1) is 0 Å². The van der Waals surface area contributed by atoms with E-state index in [1.807, 2.05) is 24.3 Å². The van der Waals surface area contributed by atoms with E-state index in [2.05, 4.69) is 18.6 Å². The molecule has 0 aliphatic rings. The predicted octanol–water partition coefficient (Wildman–Crippen LogP) is 1.22. The van der Waals surface area contributed by atoms with E-state index in [1.54, 1.807) is 0 Å². The summed E-state index contributed by atoms with van der Waals surface area (Å²) < 4.78 is 25.1. The van der Waals surface area contributed by atoms with Crippen LogP contribution >= 0.6 is 0 Å². The van der Waals surface area contributed by atoms with Crippen molar-refractivity contribution in [3.8, 4) is 0 Å². The van der Waals surface area contributed by atoms with E-state index in [1.165, 1.54) is 5.56 Å². The largest absolute Gasteiger partial charge is 0.395 e. The maximum absolute atomic E-state index is 11.3. The van der Waals surface area contributed by atoms with E-state index in [4.69, 9.17) is 5.11 Å². The van der Waals surface area contributed by atoms with E-state index in [0.29, 0.717) is 5.92 Å². The van der Waals surface area contributed by atoms with Crippen molar-refractivity contribution in [2.45, 2.75) is 26.3 Å². The summed E-state index contributed by atoms with van der Waals surface area (Å²) in [5, 5.41) is 8.58. The van der Waals surface area contributed by atoms with Crippen LogP contribution in [0.2, 0.25) is 0 Å². The van der Waals surface area contributed by atoms with Crippen LogP contribution in [-0.4, -0.2) is 25.9 Å². The molecule has 0 radical (unpaired) electrons. The summed E-state index contributed by atoms with van der Waals surface area (Å²) in [5.41, 5.74) is 2.14. The van der Waals surface area contributed by atoms with Crippen LogP contribution in [0.1, 0.15) is 30.9 Å². The summed E-state index contributed by atoms with van der Waals surface area (Å²) in [6.45, 7) is 4.13. The fraction of sp³-hybridized carbons (Fsp3) is 0.500. The summed E-state index contributed by atoms with van der Waals surface area (Å²) in [6.07, 6.45) is 0. The topological polar surface area (TPSA) is 66.4 Å². The van der Waals surface area contributed by atoms with Crippen LogP contribution in [0.5, 0.6) is 0 Å². The van der Waals surface area contributed by atoms with E-state index in [0.717, 1.165) is 5.56 Å². The summed E-state index contributed by atoms with van der Waals surface area (Å²) in [4.78, 5) is 0. The lowest BCUT2D eigenvalue weighted by molar-refractivity contribution is 0.319. The molecule has 4 nitrogen and oxygen atoms in total. The van der Waals surface area contributed by atoms with Gasteiger partial charge in [-0.1, -0.05) is 38.1 Å². The zero-order valence-corrected chi connectivity index (χ0v) is 11.0. The SMILES string of the molecule is CC(C)c1ccc(CNS(=O)(=O)CCO)cc1. The number of benzene rings is 1. The second-order valence-electron chi connectivity index (χ2n) is 4.26. The molecule has 0 aromatic heterocycles. The van der Waals surface area contributed by atoms with Crippen LogP contribution in [0.3, 0.4) is 0 Å². The first-order chi connectivity index (χ1) is 7.94. The average Bonchev–Trinajstić information content (AvgIpc) is 2.27. The highest BCUT2D eigenvalue weighted by Crippen LogP contribution is 2.14. The number of sulfonamides is 1. The summed E-state index contributed by atoms with van der Waals surface area (Å²) >= 11 is 0. The summed E-state index contributed by atoms with van der Waals surface area (Å²) in [7, 11) is -3.36. The molecule has 0 heterocycles. The van der Waals surface area contributed by atoms with Gasteiger partial charge in [-0.05, 0) is 17.0 Å². The van der Waals surface area contributed by atoms with Gasteiger partial charge in [0.05, 0.1) is 12.4 Å². The van der Waals surface area contributed by atoms with Gasteiger partial charge in [0.2, 0.25) is 10.0 Å². The molecule has 0 atom stereocenters. The van der Waals surface area contributed by atoms with Crippen LogP contribution in [-0.2, 0) is 16.6 Å². The smallest absolute Gasteiger partial charge is 0.214 e. The Bertz CT molecular complexity index is 437. The Kier molecular flexibility index (Phi) is 5.11. The fourth-order valence-electron chi connectivity index (χ4n) is 1.41. The second-order valence-corrected chi connectivity index (χ2v) is 6.19.